The number of anilines is 3. The average Bonchev–Trinajstić information content (AvgIpc) is 2.77. The summed E-state index contributed by atoms with van der Waals surface area (Å²) in [5.41, 5.74) is 1.34. The fraction of sp³-hybridized carbons (Fsp3) is 0.0909. The Hall–Kier alpha value is -4.20. The predicted octanol–water partition coefficient (Wildman–Crippen LogP) is 3.07. The number of aromatic nitrogens is 2. The van der Waals surface area contributed by atoms with Gasteiger partial charge in [-0.25, -0.2) is 9.97 Å². The molecular formula is C22H18N4O4. The lowest BCUT2D eigenvalue weighted by Gasteiger charge is -2.20. The van der Waals surface area contributed by atoms with Crippen molar-refractivity contribution in [3.8, 4) is 22.8 Å². The maximum absolute atomic E-state index is 12.2. The number of benzene rings is 2. The van der Waals surface area contributed by atoms with E-state index in [9.17, 15) is 19.8 Å². The van der Waals surface area contributed by atoms with Gasteiger partial charge in [0.15, 0.2) is 0 Å². The molecule has 4 aromatic rings. The van der Waals surface area contributed by atoms with Gasteiger partial charge in [-0.15, -0.1) is 0 Å². The molecule has 30 heavy (non-hydrogen) atoms. The summed E-state index contributed by atoms with van der Waals surface area (Å²) in [6.45, 7) is 1.82. The molecule has 0 radical (unpaired) electrons. The Morgan fingerprint density at radius 1 is 0.967 bits per heavy atom. The minimum Gasteiger partial charge on any atom is -0.508 e. The van der Waals surface area contributed by atoms with Gasteiger partial charge in [0.2, 0.25) is 0 Å². The molecule has 8 heteroatoms. The maximum atomic E-state index is 12.2. The number of hydrogen-bond acceptors (Lipinski definition) is 8. The summed E-state index contributed by atoms with van der Waals surface area (Å²) in [5.74, 6) is 0.144. The molecule has 0 saturated carbocycles. The lowest BCUT2D eigenvalue weighted by atomic mass is 10.1. The number of nitrogens with one attached hydrogen (secondary N) is 2. The van der Waals surface area contributed by atoms with Crippen LogP contribution in [0, 0.1) is 0 Å². The molecule has 0 aliphatic carbocycles. The second kappa shape index (κ2) is 7.67. The third-order valence-electron chi connectivity index (χ3n) is 4.77. The topological polar surface area (TPSA) is 124 Å². The molecule has 8 nitrogen and oxygen atoms in total. The van der Waals surface area contributed by atoms with Crippen LogP contribution in [0.1, 0.15) is 18.5 Å². The van der Waals surface area contributed by atoms with E-state index in [2.05, 4.69) is 20.6 Å². The summed E-state index contributed by atoms with van der Waals surface area (Å²) in [7, 11) is 0. The average molecular weight is 402 g/mol. The van der Waals surface area contributed by atoms with Crippen molar-refractivity contribution < 1.29 is 10.2 Å². The van der Waals surface area contributed by atoms with Crippen molar-refractivity contribution in [1.29, 1.82) is 0 Å². The van der Waals surface area contributed by atoms with Gasteiger partial charge in [-0.05, 0) is 48.9 Å². The van der Waals surface area contributed by atoms with Crippen LogP contribution in [0.5, 0.6) is 11.5 Å². The van der Waals surface area contributed by atoms with Gasteiger partial charge in [-0.3, -0.25) is 9.59 Å². The van der Waals surface area contributed by atoms with Crippen molar-refractivity contribution in [3.05, 3.63) is 87.1 Å². The monoisotopic (exact) mass is 402 g/mol. The van der Waals surface area contributed by atoms with Crippen LogP contribution in [0.25, 0.3) is 11.3 Å². The van der Waals surface area contributed by atoms with Crippen molar-refractivity contribution in [2.24, 2.45) is 0 Å². The quantitative estimate of drug-likeness (QED) is 0.286. The zero-order valence-electron chi connectivity index (χ0n) is 16.0. The Labute approximate surface area is 171 Å². The van der Waals surface area contributed by atoms with Crippen LogP contribution in [0.15, 0.2) is 70.6 Å². The maximum Gasteiger partial charge on any atom is 0.253 e. The van der Waals surface area contributed by atoms with Crippen molar-refractivity contribution in [2.75, 3.05) is 10.6 Å². The second-order valence-corrected chi connectivity index (χ2v) is 6.82. The molecule has 0 spiro atoms. The van der Waals surface area contributed by atoms with Crippen molar-refractivity contribution in [2.45, 2.75) is 13.0 Å². The zero-order valence-corrected chi connectivity index (χ0v) is 16.0. The fourth-order valence-electron chi connectivity index (χ4n) is 3.16. The molecule has 4 N–H and O–H groups in total. The largest absolute Gasteiger partial charge is 0.508 e. The minimum absolute atomic E-state index is 0.0279. The van der Waals surface area contributed by atoms with Gasteiger partial charge >= 0.3 is 0 Å². The molecule has 3 aromatic carbocycles. The number of aromatic hydroxyl groups is 2. The molecule has 1 heterocycles. The zero-order chi connectivity index (χ0) is 21.3. The molecule has 0 unspecified atom stereocenters. The van der Waals surface area contributed by atoms with E-state index in [-0.39, 0.29) is 28.9 Å². The Bertz CT molecular complexity index is 1280. The minimum atomic E-state index is -0.628. The van der Waals surface area contributed by atoms with Crippen LogP contribution in [-0.2, 0) is 0 Å². The molecule has 0 aliphatic rings. The first-order valence-electron chi connectivity index (χ1n) is 9.19. The van der Waals surface area contributed by atoms with Gasteiger partial charge in [-0.2, -0.15) is 0 Å². The molecule has 0 bridgehead atoms. The van der Waals surface area contributed by atoms with E-state index in [4.69, 9.17) is 0 Å². The highest BCUT2D eigenvalue weighted by atomic mass is 16.3. The summed E-state index contributed by atoms with van der Waals surface area (Å²) in [4.78, 5) is 32.3. The first kappa shape index (κ1) is 19.1. The van der Waals surface area contributed by atoms with Crippen LogP contribution < -0.4 is 21.5 Å². The van der Waals surface area contributed by atoms with Gasteiger partial charge in [0, 0.05) is 23.5 Å². The van der Waals surface area contributed by atoms with Crippen molar-refractivity contribution in [1.82, 2.24) is 9.97 Å². The molecule has 150 valence electrons. The highest BCUT2D eigenvalue weighted by molar-refractivity contribution is 5.81. The SMILES string of the molecule is C[C@@H](Nc1c(Nc2ccc(O)c(-c3ccncn3)c2)c(=O)c1=O)c1cccc(O)c1. The van der Waals surface area contributed by atoms with Gasteiger partial charge in [-0.1, -0.05) is 12.1 Å². The van der Waals surface area contributed by atoms with E-state index >= 15 is 0 Å². The Morgan fingerprint density at radius 2 is 1.77 bits per heavy atom. The van der Waals surface area contributed by atoms with E-state index in [0.717, 1.165) is 5.56 Å². The van der Waals surface area contributed by atoms with Gasteiger partial charge in [0.05, 0.1) is 5.69 Å². The molecule has 0 amide bonds. The van der Waals surface area contributed by atoms with Gasteiger partial charge in [0.25, 0.3) is 10.9 Å². The van der Waals surface area contributed by atoms with E-state index in [0.29, 0.717) is 16.9 Å². The third-order valence-corrected chi connectivity index (χ3v) is 4.77. The molecule has 0 fully saturated rings. The number of hydrogen-bond donors (Lipinski definition) is 4. The summed E-state index contributed by atoms with van der Waals surface area (Å²) in [6, 6.07) is 12.7. The van der Waals surface area contributed by atoms with Crippen LogP contribution in [0.4, 0.5) is 17.1 Å². The molecule has 1 atom stereocenters. The third kappa shape index (κ3) is 3.58. The molecule has 0 aliphatic heterocycles. The number of rotatable bonds is 6. The number of phenols is 2. The normalized spacial score (nSPS) is 11.9. The Balaban J connectivity index is 1.60. The molecule has 1 aromatic heterocycles. The fourth-order valence-corrected chi connectivity index (χ4v) is 3.16. The Morgan fingerprint density at radius 3 is 2.50 bits per heavy atom. The predicted molar refractivity (Wildman–Crippen MR) is 114 cm³/mol. The highest BCUT2D eigenvalue weighted by Crippen LogP contribution is 2.32. The van der Waals surface area contributed by atoms with E-state index in [1.54, 1.807) is 42.6 Å². The number of phenolic OH excluding ortho intramolecular Hbond substituents is 2. The van der Waals surface area contributed by atoms with Crippen LogP contribution in [0.2, 0.25) is 0 Å². The molecule has 4 rings (SSSR count). The summed E-state index contributed by atoms with van der Waals surface area (Å²) >= 11 is 0. The highest BCUT2D eigenvalue weighted by Gasteiger charge is 2.23. The lowest BCUT2D eigenvalue weighted by Crippen LogP contribution is -2.37. The van der Waals surface area contributed by atoms with Crippen molar-refractivity contribution in [3.63, 3.8) is 0 Å². The summed E-state index contributed by atoms with van der Waals surface area (Å²) < 4.78 is 0. The van der Waals surface area contributed by atoms with Crippen LogP contribution in [-0.4, -0.2) is 20.2 Å². The van der Waals surface area contributed by atoms with Crippen molar-refractivity contribution >= 4 is 17.1 Å². The Kier molecular flexibility index (Phi) is 4.89. The molecular weight excluding hydrogens is 384 g/mol. The molecule has 0 saturated heterocycles. The second-order valence-electron chi connectivity index (χ2n) is 6.82. The van der Waals surface area contributed by atoms with Crippen LogP contribution >= 0.6 is 0 Å². The first-order valence-corrected chi connectivity index (χ1v) is 9.19. The summed E-state index contributed by atoms with van der Waals surface area (Å²) in [6.07, 6.45) is 2.93. The van der Waals surface area contributed by atoms with E-state index in [1.165, 1.54) is 12.4 Å². The number of nitrogens with zero attached hydrogens (tertiary/aromatic N) is 2. The van der Waals surface area contributed by atoms with Gasteiger partial charge < -0.3 is 20.8 Å². The lowest BCUT2D eigenvalue weighted by molar-refractivity contribution is 0.474. The summed E-state index contributed by atoms with van der Waals surface area (Å²) in [5, 5.41) is 25.8. The van der Waals surface area contributed by atoms with Gasteiger partial charge in [0.1, 0.15) is 29.2 Å². The first-order chi connectivity index (χ1) is 14.4. The standard InChI is InChI=1S/C22H18N4O4/c1-12(13-3-2-4-15(27)9-13)25-19-20(22(30)21(19)29)26-14-5-6-18(28)16(10-14)17-7-8-23-11-24-17/h2-12,25-28H,1H3/t12-/m1/s1. The van der Waals surface area contributed by atoms with Crippen LogP contribution in [0.3, 0.4) is 0 Å². The smallest absolute Gasteiger partial charge is 0.253 e. The van der Waals surface area contributed by atoms with E-state index in [1.807, 2.05) is 13.0 Å². The van der Waals surface area contributed by atoms with E-state index < -0.39 is 10.9 Å².